The van der Waals surface area contributed by atoms with Gasteiger partial charge < -0.3 is 45.7 Å². The second-order valence-corrected chi connectivity index (χ2v) is 10.2. The highest BCUT2D eigenvalue weighted by molar-refractivity contribution is 5.90. The number of aliphatic hydroxyl groups excluding tert-OH is 4. The molecule has 0 bridgehead atoms. The van der Waals surface area contributed by atoms with Gasteiger partial charge in [0, 0.05) is 19.2 Å². The molecule has 3 aromatic heterocycles. The number of ether oxygens (including phenoxy) is 3. The second-order valence-electron chi connectivity index (χ2n) is 10.2. The first-order chi connectivity index (χ1) is 20.9. The van der Waals surface area contributed by atoms with E-state index in [9.17, 15) is 39.6 Å². The maximum Gasteiger partial charge on any atom is 0.330 e. The number of carbonyl (C=O) groups excluding carboxylic acids is 2. The zero-order chi connectivity index (χ0) is 31.7. The van der Waals surface area contributed by atoms with Crippen LogP contribution in [0.2, 0.25) is 0 Å². The van der Waals surface area contributed by atoms with Crippen molar-refractivity contribution in [2.45, 2.75) is 81.8 Å². The van der Waals surface area contributed by atoms with E-state index >= 15 is 0 Å². The normalized spacial score (nSPS) is 30.3. The van der Waals surface area contributed by atoms with Crippen molar-refractivity contribution in [3.8, 4) is 0 Å². The molecule has 21 heteroatoms. The molecular weight excluding hydrogens is 592 g/mol. The number of amides is 2. The first-order valence-corrected chi connectivity index (χ1v) is 13.2. The second kappa shape index (κ2) is 12.7. The fourth-order valence-corrected chi connectivity index (χ4v) is 4.92. The van der Waals surface area contributed by atoms with Gasteiger partial charge in [-0.15, -0.1) is 10.2 Å². The van der Waals surface area contributed by atoms with Crippen LogP contribution in [0.25, 0.3) is 0 Å². The summed E-state index contributed by atoms with van der Waals surface area (Å²) in [7, 11) is 0. The van der Waals surface area contributed by atoms with Gasteiger partial charge in [0.2, 0.25) is 5.91 Å². The molecule has 9 atom stereocenters. The molecule has 0 aromatic carbocycles. The molecule has 0 radical (unpaired) electrons. The molecule has 8 N–H and O–H groups in total. The van der Waals surface area contributed by atoms with E-state index in [0.717, 1.165) is 16.8 Å². The van der Waals surface area contributed by atoms with Crippen LogP contribution < -0.4 is 22.3 Å². The fraction of sp³-hybridized carbons (Fsp3) is 0.565. The van der Waals surface area contributed by atoms with Crippen molar-refractivity contribution in [2.75, 3.05) is 0 Å². The fourth-order valence-electron chi connectivity index (χ4n) is 4.92. The monoisotopic (exact) mass is 622 g/mol. The van der Waals surface area contributed by atoms with Gasteiger partial charge in [0.1, 0.15) is 42.7 Å². The molecule has 2 saturated heterocycles. The summed E-state index contributed by atoms with van der Waals surface area (Å²) in [6, 6.07) is -0.136. The summed E-state index contributed by atoms with van der Waals surface area (Å²) in [5, 5.41) is 60.3. The summed E-state index contributed by atoms with van der Waals surface area (Å²) in [6.07, 6.45) is -7.11. The van der Waals surface area contributed by atoms with Crippen molar-refractivity contribution >= 4 is 11.8 Å². The number of carbonyl (C=O) groups is 2. The minimum absolute atomic E-state index is 0.124. The lowest BCUT2D eigenvalue weighted by Crippen LogP contribution is -2.64. The van der Waals surface area contributed by atoms with E-state index in [0.29, 0.717) is 5.69 Å². The van der Waals surface area contributed by atoms with Crippen LogP contribution in [0, 0.1) is 0 Å². The van der Waals surface area contributed by atoms with Crippen molar-refractivity contribution in [3.05, 3.63) is 56.9 Å². The van der Waals surface area contributed by atoms with E-state index in [1.54, 1.807) is 0 Å². The molecule has 0 spiro atoms. The topological polar surface area (TPSA) is 297 Å². The van der Waals surface area contributed by atoms with E-state index in [2.05, 4.69) is 25.9 Å². The Morgan fingerprint density at radius 2 is 1.80 bits per heavy atom. The summed E-state index contributed by atoms with van der Waals surface area (Å²) in [4.78, 5) is 48.8. The zero-order valence-electron chi connectivity index (χ0n) is 23.0. The van der Waals surface area contributed by atoms with Gasteiger partial charge >= 0.3 is 5.69 Å². The summed E-state index contributed by atoms with van der Waals surface area (Å²) >= 11 is 0. The molecule has 3 aromatic rings. The van der Waals surface area contributed by atoms with Crippen LogP contribution in [0.4, 0.5) is 0 Å². The molecule has 0 aliphatic carbocycles. The Bertz CT molecular complexity index is 1600. The maximum absolute atomic E-state index is 12.2. The van der Waals surface area contributed by atoms with Gasteiger partial charge in [-0.05, 0) is 0 Å². The van der Waals surface area contributed by atoms with Crippen molar-refractivity contribution in [1.29, 1.82) is 0 Å². The summed E-state index contributed by atoms with van der Waals surface area (Å²) in [5.74, 6) is -1.35. The third-order valence-electron chi connectivity index (χ3n) is 7.14. The Kier molecular flexibility index (Phi) is 8.96. The third kappa shape index (κ3) is 6.42. The average Bonchev–Trinajstić information content (AvgIpc) is 3.69. The van der Waals surface area contributed by atoms with Gasteiger partial charge in [0.15, 0.2) is 18.2 Å². The zero-order valence-corrected chi connectivity index (χ0v) is 23.0. The average molecular weight is 623 g/mol. The molecule has 5 rings (SSSR count). The number of nitrogens with one attached hydrogen (secondary N) is 2. The number of rotatable bonds is 10. The van der Waals surface area contributed by atoms with Crippen LogP contribution >= 0.6 is 0 Å². The standard InChI is InChI=1S/C23H30N10O11/c1-9(34)26-15-18(38)16(36)12(6-31-5-11(20(24)40)28-30-31)44-22(15)42-8-10-4-25-29-33(10)7-13-17(37)19(39)21(43-13)32-3-2-14(35)27-23(32)41/h2-5,12-13,15-19,21-22,36-39H,6-8H2,1H3,(H2,24,40)(H,26,34)(H,27,35,41)/t12-,13-,15-,16-,17-,18-,19-,21-,22-/m1/s1. The Balaban J connectivity index is 1.28. The van der Waals surface area contributed by atoms with Gasteiger partial charge in [-0.1, -0.05) is 10.4 Å². The molecule has 44 heavy (non-hydrogen) atoms. The first kappa shape index (κ1) is 31.1. The lowest BCUT2D eigenvalue weighted by atomic mass is 9.96. The lowest BCUT2D eigenvalue weighted by Gasteiger charge is -2.42. The van der Waals surface area contributed by atoms with Crippen LogP contribution in [-0.2, 0) is 38.7 Å². The van der Waals surface area contributed by atoms with Crippen molar-refractivity contribution in [3.63, 3.8) is 0 Å². The Hall–Kier alpha value is -4.38. The van der Waals surface area contributed by atoms with Crippen molar-refractivity contribution in [2.24, 2.45) is 5.73 Å². The third-order valence-corrected chi connectivity index (χ3v) is 7.14. The van der Waals surface area contributed by atoms with Crippen molar-refractivity contribution < 1.29 is 44.2 Å². The minimum atomic E-state index is -1.54. The highest BCUT2D eigenvalue weighted by atomic mass is 16.7. The molecule has 238 valence electrons. The number of nitrogens with two attached hydrogens (primary N) is 1. The maximum atomic E-state index is 12.2. The molecular formula is C23H30N10O11. The quantitative estimate of drug-likeness (QED) is 0.111. The molecule has 0 unspecified atom stereocenters. The predicted molar refractivity (Wildman–Crippen MR) is 139 cm³/mol. The van der Waals surface area contributed by atoms with Crippen molar-refractivity contribution in [1.82, 2.24) is 44.9 Å². The molecule has 5 heterocycles. The van der Waals surface area contributed by atoms with Crippen LogP contribution in [0.3, 0.4) is 0 Å². The largest absolute Gasteiger partial charge is 0.388 e. The van der Waals surface area contributed by atoms with E-state index in [1.807, 2.05) is 4.98 Å². The summed E-state index contributed by atoms with van der Waals surface area (Å²) in [6.45, 7) is 0.637. The molecule has 2 fully saturated rings. The highest BCUT2D eigenvalue weighted by Gasteiger charge is 2.47. The number of aromatic nitrogens is 8. The molecule has 0 saturated carbocycles. The number of hydrogen-bond acceptors (Lipinski definition) is 15. The van der Waals surface area contributed by atoms with Gasteiger partial charge in [0.05, 0.1) is 37.8 Å². The van der Waals surface area contributed by atoms with Gasteiger partial charge in [-0.2, -0.15) is 0 Å². The number of hydrogen-bond donors (Lipinski definition) is 7. The highest BCUT2D eigenvalue weighted by Crippen LogP contribution is 2.29. The molecule has 2 aliphatic heterocycles. The summed E-state index contributed by atoms with van der Waals surface area (Å²) in [5.41, 5.74) is 3.91. The molecule has 21 nitrogen and oxygen atoms in total. The SMILES string of the molecule is CC(=O)N[C@H]1[C@H](OCc2cnnn2C[C@H]2O[C@@H](n3ccc(=O)[nH]c3=O)[C@H](O)[C@@H]2O)O[C@H](Cn2cc(C(N)=O)nn2)[C@@H](O)[C@@H]1O. The minimum Gasteiger partial charge on any atom is -0.388 e. The molecule has 2 amide bonds. The molecule has 2 aliphatic rings. The summed E-state index contributed by atoms with van der Waals surface area (Å²) < 4.78 is 20.9. The Morgan fingerprint density at radius 1 is 1.07 bits per heavy atom. The lowest BCUT2D eigenvalue weighted by molar-refractivity contribution is -0.271. The van der Waals surface area contributed by atoms with Crippen LogP contribution in [0.15, 0.2) is 34.2 Å². The Labute approximate surface area is 245 Å². The van der Waals surface area contributed by atoms with E-state index in [1.165, 1.54) is 28.7 Å². The number of nitrogens with zero attached hydrogens (tertiary/aromatic N) is 7. The van der Waals surface area contributed by atoms with Crippen LogP contribution in [0.5, 0.6) is 0 Å². The number of aromatic amines is 1. The first-order valence-electron chi connectivity index (χ1n) is 13.2. The van der Waals surface area contributed by atoms with E-state index in [-0.39, 0.29) is 25.4 Å². The predicted octanol–water partition coefficient (Wildman–Crippen LogP) is -5.69. The smallest absolute Gasteiger partial charge is 0.330 e. The number of aliphatic hydroxyl groups is 4. The van der Waals surface area contributed by atoms with E-state index in [4.69, 9.17) is 19.9 Å². The number of primary amides is 1. The van der Waals surface area contributed by atoms with Gasteiger partial charge in [-0.3, -0.25) is 23.9 Å². The van der Waals surface area contributed by atoms with Crippen LogP contribution in [-0.4, -0.2) is 121 Å². The van der Waals surface area contributed by atoms with Gasteiger partial charge in [-0.25, -0.2) is 14.2 Å². The van der Waals surface area contributed by atoms with Crippen LogP contribution in [0.1, 0.15) is 29.3 Å². The van der Waals surface area contributed by atoms with Gasteiger partial charge in [0.25, 0.3) is 11.5 Å². The Morgan fingerprint density at radius 3 is 2.48 bits per heavy atom. The number of H-pyrrole nitrogens is 1. The van der Waals surface area contributed by atoms with E-state index < -0.39 is 78.2 Å².